The van der Waals surface area contributed by atoms with E-state index in [9.17, 15) is 0 Å². The predicted octanol–water partition coefficient (Wildman–Crippen LogP) is 32.2. The summed E-state index contributed by atoms with van der Waals surface area (Å²) >= 11 is 0. The number of hydrogen-bond acceptors (Lipinski definition) is 0. The molecule has 0 heterocycles. The lowest BCUT2D eigenvalue weighted by Crippen LogP contribution is -1.92. The van der Waals surface area contributed by atoms with E-state index in [2.05, 4.69) is 358 Å². The summed E-state index contributed by atoms with van der Waals surface area (Å²) in [6, 6.07) is 151. The van der Waals surface area contributed by atoms with E-state index in [0.29, 0.717) is 0 Å². The minimum absolute atomic E-state index is 0.147. The lowest BCUT2D eigenvalue weighted by molar-refractivity contribution is 1.64. The molecule has 0 nitrogen and oxygen atoms in total. The van der Waals surface area contributed by atoms with Crippen LogP contribution >= 0.6 is 0 Å². The van der Waals surface area contributed by atoms with E-state index >= 15 is 0 Å². The standard InChI is InChI=1S/2C40H26.C34H22/c1-2-13-28(14-3-1)38-26-30(25-29-16-5-7-19-32(29)38)39-34-20-8-10-22-36(34)40(37-23-11-9-21-35(37)39)33-24-12-17-27-15-4-6-18-31(27)33;1-2-12-27(13-3-1)31-22-11-16-29-26-30(24-25-33(29)31)39-35-18-6-8-20-37(35)40(38-21-9-7-19-36(38)39)34-23-10-15-28-14-4-5-17-32(28)34;1-2-12-25-22-26(21-20-23(25)10-1)33-29-15-5-7-17-31(29)34(32-18-8-6-16-30(32)33)28-19-9-13-24-11-3-4-14-27(24)28/h2*1-26H;1-22H/i8D,9D,10D,11D;;. The van der Waals surface area contributed by atoms with Gasteiger partial charge < -0.3 is 0 Å². The van der Waals surface area contributed by atoms with Crippen LogP contribution in [0.5, 0.6) is 0 Å². The number of rotatable bonds is 8. The first-order valence-corrected chi connectivity index (χ1v) is 39.2. The Morgan fingerprint density at radius 3 is 0.772 bits per heavy atom. The van der Waals surface area contributed by atoms with E-state index < -0.39 is 0 Å². The van der Waals surface area contributed by atoms with Crippen molar-refractivity contribution in [3.63, 3.8) is 0 Å². The van der Waals surface area contributed by atoms with Gasteiger partial charge in [0.05, 0.1) is 5.48 Å². The fraction of sp³-hybridized carbons (Fsp3) is 0. The summed E-state index contributed by atoms with van der Waals surface area (Å²) < 4.78 is 34.8. The summed E-state index contributed by atoms with van der Waals surface area (Å²) in [5, 5.41) is 28.3. The van der Waals surface area contributed by atoms with E-state index in [1.165, 1.54) is 142 Å². The van der Waals surface area contributed by atoms with Crippen LogP contribution in [0, 0.1) is 0 Å². The molecule has 530 valence electrons. The van der Waals surface area contributed by atoms with Crippen molar-refractivity contribution in [3.8, 4) is 89.0 Å². The minimum atomic E-state index is 0.147. The Kier molecular flexibility index (Phi) is 16.0. The van der Waals surface area contributed by atoms with E-state index in [4.69, 9.17) is 5.48 Å². The molecular weight excluding hydrogens is 1370 g/mol. The molecule has 0 aliphatic carbocycles. The lowest BCUT2D eigenvalue weighted by atomic mass is 9.83. The van der Waals surface area contributed by atoms with Crippen molar-refractivity contribution < 1.29 is 5.48 Å². The molecule has 0 amide bonds. The van der Waals surface area contributed by atoms with Crippen LogP contribution in [-0.4, -0.2) is 0 Å². The predicted molar refractivity (Wildman–Crippen MR) is 493 cm³/mol. The van der Waals surface area contributed by atoms with Crippen LogP contribution in [0.25, 0.3) is 218 Å². The highest BCUT2D eigenvalue weighted by Crippen LogP contribution is 2.51. The minimum Gasteiger partial charge on any atom is -0.0622 e. The van der Waals surface area contributed by atoms with Crippen LogP contribution in [0.15, 0.2) is 449 Å². The first-order chi connectivity index (χ1) is 58.2. The zero-order valence-electron chi connectivity index (χ0n) is 66.4. The molecule has 0 saturated heterocycles. The van der Waals surface area contributed by atoms with Gasteiger partial charge in [-0.15, -0.1) is 0 Å². The topological polar surface area (TPSA) is 0 Å². The molecule has 0 unspecified atom stereocenters. The van der Waals surface area contributed by atoms with Crippen molar-refractivity contribution in [2.24, 2.45) is 0 Å². The summed E-state index contributed by atoms with van der Waals surface area (Å²) in [6.45, 7) is 0. The maximum atomic E-state index is 8.70. The molecule has 0 bridgehead atoms. The van der Waals surface area contributed by atoms with Gasteiger partial charge in [-0.2, -0.15) is 0 Å². The molecule has 0 aromatic heterocycles. The second-order valence-electron chi connectivity index (χ2n) is 29.6. The quantitative estimate of drug-likeness (QED) is 0.133. The molecule has 0 fully saturated rings. The number of fused-ring (bicyclic) bond motifs is 12. The molecule has 0 radical (unpaired) electrons. The third-order valence-electron chi connectivity index (χ3n) is 23.3. The summed E-state index contributed by atoms with van der Waals surface area (Å²) in [6.07, 6.45) is 0. The second-order valence-corrected chi connectivity index (χ2v) is 29.6. The Hall–Kier alpha value is -14.8. The molecule has 23 aromatic carbocycles. The fourth-order valence-corrected chi connectivity index (χ4v) is 18.2. The molecule has 0 saturated carbocycles. The Balaban J connectivity index is 0.000000111. The van der Waals surface area contributed by atoms with Gasteiger partial charge in [0.2, 0.25) is 0 Å². The number of benzene rings is 23. The summed E-state index contributed by atoms with van der Waals surface area (Å²) in [7, 11) is 0. The van der Waals surface area contributed by atoms with Crippen molar-refractivity contribution in [3.05, 3.63) is 449 Å². The summed E-state index contributed by atoms with van der Waals surface area (Å²) in [5.74, 6) is 0. The Bertz CT molecular complexity index is 7780. The molecule has 114 heavy (non-hydrogen) atoms. The van der Waals surface area contributed by atoms with Crippen molar-refractivity contribution in [1.29, 1.82) is 0 Å². The van der Waals surface area contributed by atoms with Crippen molar-refractivity contribution in [1.82, 2.24) is 0 Å². The van der Waals surface area contributed by atoms with Crippen LogP contribution in [0.1, 0.15) is 5.48 Å². The van der Waals surface area contributed by atoms with Crippen LogP contribution in [0.3, 0.4) is 0 Å². The van der Waals surface area contributed by atoms with Gasteiger partial charge in [0, 0.05) is 0 Å². The van der Waals surface area contributed by atoms with Gasteiger partial charge in [-0.1, -0.05) is 425 Å². The third kappa shape index (κ3) is 11.8. The zero-order valence-corrected chi connectivity index (χ0v) is 62.4. The third-order valence-corrected chi connectivity index (χ3v) is 23.3. The Morgan fingerprint density at radius 2 is 0.360 bits per heavy atom. The van der Waals surface area contributed by atoms with Crippen LogP contribution in [-0.2, 0) is 0 Å². The summed E-state index contributed by atoms with van der Waals surface area (Å²) in [5.41, 5.74) is 18.8. The largest absolute Gasteiger partial charge is 0.0623 e. The second kappa shape index (κ2) is 28.9. The van der Waals surface area contributed by atoms with Gasteiger partial charge >= 0.3 is 0 Å². The normalized spacial score (nSPS) is 12.0. The SMILES string of the molecule is [2H]c1cc2c(-c3cc(-c4ccccc4)c4ccccc4c3)c3cc([2H])c([2H])cc3c(-c3cccc4ccccc34)c2cc1[2H].c1ccc(-c2cccc3cc(-c4c5ccccc5c(-c5cccc6ccccc56)c5ccccc45)ccc23)cc1.c1ccc2cc(-c3c4ccccc4c(-c4cccc5ccccc45)c4ccccc34)ccc2c1. The highest BCUT2D eigenvalue weighted by atomic mass is 14.3. The van der Waals surface area contributed by atoms with Gasteiger partial charge in [0.15, 0.2) is 0 Å². The molecule has 0 heteroatoms. The van der Waals surface area contributed by atoms with E-state index in [0.717, 1.165) is 76.5 Å². The monoisotopic (exact) mass is 1450 g/mol. The smallest absolute Gasteiger partial charge is 0.0622 e. The average molecular weight is 1450 g/mol. The highest BCUT2D eigenvalue weighted by molar-refractivity contribution is 6.27. The van der Waals surface area contributed by atoms with Crippen molar-refractivity contribution in [2.75, 3.05) is 0 Å². The molecule has 0 aliphatic rings. The first-order valence-electron chi connectivity index (χ1n) is 41.2. The molecular formula is C114H74. The number of hydrogen-bond donors (Lipinski definition) is 0. The van der Waals surface area contributed by atoms with Crippen LogP contribution in [0.2, 0.25) is 0 Å². The Morgan fingerprint density at radius 1 is 0.114 bits per heavy atom. The highest BCUT2D eigenvalue weighted by Gasteiger charge is 2.23. The van der Waals surface area contributed by atoms with Gasteiger partial charge in [-0.05, 0) is 243 Å². The molecule has 23 aromatic rings. The molecule has 0 aliphatic heterocycles. The van der Waals surface area contributed by atoms with Crippen LogP contribution in [0.4, 0.5) is 0 Å². The lowest BCUT2D eigenvalue weighted by Gasteiger charge is -2.20. The van der Waals surface area contributed by atoms with Crippen LogP contribution < -0.4 is 0 Å². The van der Waals surface area contributed by atoms with Gasteiger partial charge in [-0.3, -0.25) is 0 Å². The zero-order chi connectivity index (χ0) is 78.9. The van der Waals surface area contributed by atoms with E-state index in [-0.39, 0.29) is 24.2 Å². The van der Waals surface area contributed by atoms with Crippen molar-refractivity contribution >= 4 is 129 Å². The molecule has 23 rings (SSSR count). The maximum Gasteiger partial charge on any atom is 0.0623 e. The molecule has 0 atom stereocenters. The van der Waals surface area contributed by atoms with E-state index in [1.807, 2.05) is 42.5 Å². The van der Waals surface area contributed by atoms with Gasteiger partial charge in [-0.25, -0.2) is 0 Å². The van der Waals surface area contributed by atoms with Crippen molar-refractivity contribution in [2.45, 2.75) is 0 Å². The summed E-state index contributed by atoms with van der Waals surface area (Å²) in [4.78, 5) is 0. The first kappa shape index (κ1) is 63.0. The molecule has 0 spiro atoms. The van der Waals surface area contributed by atoms with Gasteiger partial charge in [0.1, 0.15) is 0 Å². The molecule has 0 N–H and O–H groups in total. The van der Waals surface area contributed by atoms with Gasteiger partial charge in [0.25, 0.3) is 0 Å². The fourth-order valence-electron chi connectivity index (χ4n) is 18.2. The Labute approximate surface area is 668 Å². The van der Waals surface area contributed by atoms with E-state index in [1.54, 1.807) is 24.3 Å². The maximum absolute atomic E-state index is 8.70. The average Bonchev–Trinajstić information content (AvgIpc) is 0.905.